The summed E-state index contributed by atoms with van der Waals surface area (Å²) in [6.07, 6.45) is 0. The summed E-state index contributed by atoms with van der Waals surface area (Å²) >= 11 is 1.70. The molecule has 0 fully saturated rings. The van der Waals surface area contributed by atoms with E-state index in [9.17, 15) is 0 Å². The van der Waals surface area contributed by atoms with E-state index in [1.165, 1.54) is 4.70 Å². The smallest absolute Gasteiger partial charge is 0.197 e. The highest BCUT2D eigenvalue weighted by Crippen LogP contribution is 2.36. The average Bonchev–Trinajstić information content (AvgIpc) is 3.19. The molecule has 5 nitrogen and oxygen atoms in total. The molecule has 0 amide bonds. The Hall–Kier alpha value is -2.57. The number of nitrogens with zero attached hydrogens (tertiary/aromatic N) is 2. The van der Waals surface area contributed by atoms with Crippen LogP contribution in [0.3, 0.4) is 0 Å². The fraction of sp³-hybridized carbons (Fsp3) is 0.250. The zero-order valence-electron chi connectivity index (χ0n) is 14.9. The second-order valence-electron chi connectivity index (χ2n) is 5.87. The summed E-state index contributed by atoms with van der Waals surface area (Å²) in [5.41, 5.74) is 3.17. The maximum absolute atomic E-state index is 5.55. The van der Waals surface area contributed by atoms with Gasteiger partial charge in [0.2, 0.25) is 0 Å². The number of para-hydroxylation sites is 1. The van der Waals surface area contributed by atoms with Crippen LogP contribution in [0.2, 0.25) is 0 Å². The Bertz CT molecular complexity index is 1020. The minimum atomic E-state index is 0.637. The minimum absolute atomic E-state index is 0.637. The number of hydrogen-bond donors (Lipinski definition) is 1. The van der Waals surface area contributed by atoms with Gasteiger partial charge in [0.1, 0.15) is 17.3 Å². The third-order valence-corrected chi connectivity index (χ3v) is 5.21. The lowest BCUT2D eigenvalue weighted by Gasteiger charge is -2.09. The molecule has 4 rings (SSSR count). The molecular weight excluding hydrogens is 346 g/mol. The van der Waals surface area contributed by atoms with E-state index >= 15 is 0 Å². The number of imidazole rings is 1. The number of fused-ring (bicyclic) bond motifs is 3. The van der Waals surface area contributed by atoms with Crippen molar-refractivity contribution in [3.63, 3.8) is 0 Å². The summed E-state index contributed by atoms with van der Waals surface area (Å²) in [5.74, 6) is 1.87. The summed E-state index contributed by atoms with van der Waals surface area (Å²) < 4.78 is 14.2. The van der Waals surface area contributed by atoms with Gasteiger partial charge in [-0.05, 0) is 43.3 Å². The van der Waals surface area contributed by atoms with Crippen molar-refractivity contribution in [3.05, 3.63) is 48.5 Å². The van der Waals surface area contributed by atoms with Crippen molar-refractivity contribution in [3.8, 4) is 17.0 Å². The van der Waals surface area contributed by atoms with E-state index < -0.39 is 0 Å². The van der Waals surface area contributed by atoms with Crippen molar-refractivity contribution >= 4 is 32.3 Å². The zero-order valence-corrected chi connectivity index (χ0v) is 15.7. The molecule has 0 radical (unpaired) electrons. The normalized spacial score (nSPS) is 11.3. The summed E-state index contributed by atoms with van der Waals surface area (Å²) in [6.45, 7) is 4.01. The topological polar surface area (TPSA) is 47.8 Å². The summed E-state index contributed by atoms with van der Waals surface area (Å²) in [4.78, 5) is 5.89. The second kappa shape index (κ2) is 7.35. The SMILES string of the molecule is CCOc1ccc(-c2nc3sc4ccccc4n3c2NCCOC)cc1. The van der Waals surface area contributed by atoms with Crippen LogP contribution < -0.4 is 10.1 Å². The Morgan fingerprint density at radius 2 is 1.92 bits per heavy atom. The van der Waals surface area contributed by atoms with Crippen LogP contribution in [0.25, 0.3) is 26.4 Å². The van der Waals surface area contributed by atoms with Crippen molar-refractivity contribution in [2.45, 2.75) is 6.92 Å². The van der Waals surface area contributed by atoms with Crippen molar-refractivity contribution in [1.82, 2.24) is 9.38 Å². The lowest BCUT2D eigenvalue weighted by Crippen LogP contribution is -2.10. The number of rotatable bonds is 7. The summed E-state index contributed by atoms with van der Waals surface area (Å²) in [5, 5.41) is 3.50. The molecule has 0 aliphatic heterocycles. The number of benzene rings is 2. The third-order valence-electron chi connectivity index (χ3n) is 4.19. The van der Waals surface area contributed by atoms with E-state index in [-0.39, 0.29) is 0 Å². The molecule has 0 unspecified atom stereocenters. The molecule has 134 valence electrons. The standard InChI is InChI=1S/C20H21N3O2S/c1-3-25-15-10-8-14(9-11-15)18-19(21-12-13-24-2)23-16-6-4-5-7-17(16)26-20(23)22-18/h4-11,21H,3,12-13H2,1-2H3. The molecule has 2 aromatic heterocycles. The van der Waals surface area contributed by atoms with Gasteiger partial charge >= 0.3 is 0 Å². The first-order valence-corrected chi connectivity index (χ1v) is 9.49. The molecule has 0 atom stereocenters. The first-order valence-electron chi connectivity index (χ1n) is 8.68. The highest BCUT2D eigenvalue weighted by atomic mass is 32.1. The molecule has 0 saturated heterocycles. The van der Waals surface area contributed by atoms with Gasteiger partial charge in [0.15, 0.2) is 4.96 Å². The van der Waals surface area contributed by atoms with Gasteiger partial charge in [-0.1, -0.05) is 23.5 Å². The fourth-order valence-electron chi connectivity index (χ4n) is 3.03. The number of thiazole rings is 1. The highest BCUT2D eigenvalue weighted by Gasteiger charge is 2.18. The number of methoxy groups -OCH3 is 1. The summed E-state index contributed by atoms with van der Waals surface area (Å²) in [6, 6.07) is 16.5. The molecule has 0 bridgehead atoms. The monoisotopic (exact) mass is 367 g/mol. The van der Waals surface area contributed by atoms with Gasteiger partial charge in [-0.3, -0.25) is 4.40 Å². The molecule has 6 heteroatoms. The van der Waals surface area contributed by atoms with Gasteiger partial charge in [-0.15, -0.1) is 0 Å². The van der Waals surface area contributed by atoms with Crippen molar-refractivity contribution in [2.75, 3.05) is 32.2 Å². The van der Waals surface area contributed by atoms with E-state index in [4.69, 9.17) is 14.5 Å². The predicted octanol–water partition coefficient (Wildman–Crippen LogP) is 4.67. The molecule has 2 aromatic carbocycles. The molecule has 4 aromatic rings. The highest BCUT2D eigenvalue weighted by molar-refractivity contribution is 7.23. The van der Waals surface area contributed by atoms with Gasteiger partial charge in [0.25, 0.3) is 0 Å². The first-order chi connectivity index (χ1) is 12.8. The molecule has 0 spiro atoms. The van der Waals surface area contributed by atoms with Crippen molar-refractivity contribution in [2.24, 2.45) is 0 Å². The third kappa shape index (κ3) is 3.02. The molecule has 0 aliphatic carbocycles. The van der Waals surface area contributed by atoms with E-state index in [0.717, 1.165) is 39.8 Å². The predicted molar refractivity (Wildman–Crippen MR) is 108 cm³/mol. The lowest BCUT2D eigenvalue weighted by molar-refractivity contribution is 0.210. The van der Waals surface area contributed by atoms with Crippen LogP contribution in [0, 0.1) is 0 Å². The number of aromatic nitrogens is 2. The fourth-order valence-corrected chi connectivity index (χ4v) is 4.05. The quantitative estimate of drug-likeness (QED) is 0.482. The van der Waals surface area contributed by atoms with Crippen molar-refractivity contribution < 1.29 is 9.47 Å². The van der Waals surface area contributed by atoms with Gasteiger partial charge in [-0.25, -0.2) is 4.98 Å². The number of nitrogens with one attached hydrogen (secondary N) is 1. The number of hydrogen-bond acceptors (Lipinski definition) is 5. The van der Waals surface area contributed by atoms with Crippen LogP contribution in [-0.2, 0) is 4.74 Å². The number of anilines is 1. The Labute approximate surface area is 156 Å². The first kappa shape index (κ1) is 16.9. The van der Waals surface area contributed by atoms with Crippen LogP contribution in [0.1, 0.15) is 6.92 Å². The second-order valence-corrected chi connectivity index (χ2v) is 6.88. The van der Waals surface area contributed by atoms with Gasteiger partial charge < -0.3 is 14.8 Å². The lowest BCUT2D eigenvalue weighted by atomic mass is 10.1. The largest absolute Gasteiger partial charge is 0.494 e. The van der Waals surface area contributed by atoms with E-state index in [1.54, 1.807) is 18.4 Å². The Kier molecular flexibility index (Phi) is 4.77. The Morgan fingerprint density at radius 3 is 2.69 bits per heavy atom. The van der Waals surface area contributed by atoms with Crippen LogP contribution in [0.15, 0.2) is 48.5 Å². The number of ether oxygens (including phenoxy) is 2. The van der Waals surface area contributed by atoms with Crippen LogP contribution in [-0.4, -0.2) is 36.3 Å². The van der Waals surface area contributed by atoms with E-state index in [2.05, 4.69) is 46.1 Å². The van der Waals surface area contributed by atoms with Crippen LogP contribution in [0.4, 0.5) is 5.82 Å². The van der Waals surface area contributed by atoms with Gasteiger partial charge in [-0.2, -0.15) is 0 Å². The van der Waals surface area contributed by atoms with Gasteiger partial charge in [0, 0.05) is 19.2 Å². The zero-order chi connectivity index (χ0) is 17.9. The molecule has 1 N–H and O–H groups in total. The Balaban J connectivity index is 1.83. The maximum Gasteiger partial charge on any atom is 0.197 e. The molecule has 0 saturated carbocycles. The van der Waals surface area contributed by atoms with E-state index in [1.807, 2.05) is 19.1 Å². The molecule has 26 heavy (non-hydrogen) atoms. The van der Waals surface area contributed by atoms with Gasteiger partial charge in [0.05, 0.1) is 23.4 Å². The van der Waals surface area contributed by atoms with Crippen LogP contribution in [0.5, 0.6) is 5.75 Å². The Morgan fingerprint density at radius 1 is 1.12 bits per heavy atom. The molecule has 2 heterocycles. The maximum atomic E-state index is 5.55. The summed E-state index contributed by atoms with van der Waals surface area (Å²) in [7, 11) is 1.71. The van der Waals surface area contributed by atoms with Crippen molar-refractivity contribution in [1.29, 1.82) is 0 Å². The average molecular weight is 367 g/mol. The molecule has 0 aliphatic rings. The van der Waals surface area contributed by atoms with E-state index in [0.29, 0.717) is 13.2 Å². The minimum Gasteiger partial charge on any atom is -0.494 e. The van der Waals surface area contributed by atoms with Crippen LogP contribution >= 0.6 is 11.3 Å². The molecular formula is C20H21N3O2S.